The summed E-state index contributed by atoms with van der Waals surface area (Å²) in [5.41, 5.74) is 9.31. The van der Waals surface area contributed by atoms with Crippen LogP contribution in [0.5, 0.6) is 0 Å². The molecule has 0 heterocycles. The summed E-state index contributed by atoms with van der Waals surface area (Å²) in [4.78, 5) is 0. The van der Waals surface area contributed by atoms with Crippen molar-refractivity contribution in [3.05, 3.63) is 34.9 Å². The van der Waals surface area contributed by atoms with E-state index in [1.807, 2.05) is 26.0 Å². The second-order valence-corrected chi connectivity index (χ2v) is 3.33. The Bertz CT molecular complexity index is 342. The molecular weight excluding hydrogens is 196 g/mol. The van der Waals surface area contributed by atoms with Crippen molar-refractivity contribution in [2.75, 3.05) is 0 Å². The van der Waals surface area contributed by atoms with Crippen LogP contribution in [0.3, 0.4) is 0 Å². The number of aryl methyl sites for hydroxylation is 2. The number of halogens is 1. The van der Waals surface area contributed by atoms with Crippen LogP contribution in [0.4, 0.5) is 0 Å². The van der Waals surface area contributed by atoms with E-state index in [2.05, 4.69) is 12.1 Å². The highest BCUT2D eigenvalue weighted by molar-refractivity contribution is 5.85. The van der Waals surface area contributed by atoms with Crippen molar-refractivity contribution in [3.8, 4) is 6.07 Å². The number of benzene rings is 1. The van der Waals surface area contributed by atoms with Crippen molar-refractivity contribution in [1.82, 2.24) is 0 Å². The van der Waals surface area contributed by atoms with Gasteiger partial charge in [-0.2, -0.15) is 5.26 Å². The zero-order chi connectivity index (χ0) is 9.84. The first kappa shape index (κ1) is 13.0. The van der Waals surface area contributed by atoms with Gasteiger partial charge in [0.05, 0.1) is 12.5 Å². The molecule has 0 radical (unpaired) electrons. The molecule has 1 atom stereocenters. The maximum Gasteiger partial charge on any atom is 0.0641 e. The molecule has 0 aliphatic rings. The number of nitrogens with two attached hydrogens (primary N) is 1. The van der Waals surface area contributed by atoms with E-state index in [1.165, 1.54) is 11.1 Å². The third-order valence-corrected chi connectivity index (χ3v) is 2.14. The maximum atomic E-state index is 8.51. The normalized spacial score (nSPS) is 11.3. The SMILES string of the molecule is Cc1ccc([C@H](N)CC#N)c(C)c1.Cl. The van der Waals surface area contributed by atoms with Gasteiger partial charge in [0.1, 0.15) is 0 Å². The van der Waals surface area contributed by atoms with E-state index < -0.39 is 0 Å². The van der Waals surface area contributed by atoms with Crippen LogP contribution in [0.15, 0.2) is 18.2 Å². The predicted octanol–water partition coefficient (Wildman–Crippen LogP) is 2.64. The molecule has 0 aromatic heterocycles. The lowest BCUT2D eigenvalue weighted by atomic mass is 9.98. The molecule has 0 aliphatic heterocycles. The molecule has 0 saturated carbocycles. The van der Waals surface area contributed by atoms with Gasteiger partial charge in [0, 0.05) is 6.04 Å². The molecule has 1 aromatic rings. The summed E-state index contributed by atoms with van der Waals surface area (Å²) in [6.45, 7) is 4.08. The van der Waals surface area contributed by atoms with Crippen molar-refractivity contribution < 1.29 is 0 Å². The third-order valence-electron chi connectivity index (χ3n) is 2.14. The molecule has 76 valence electrons. The van der Waals surface area contributed by atoms with Crippen LogP contribution in [0, 0.1) is 25.2 Å². The third kappa shape index (κ3) is 3.02. The Morgan fingerprint density at radius 3 is 2.57 bits per heavy atom. The topological polar surface area (TPSA) is 49.8 Å². The molecule has 2 nitrogen and oxygen atoms in total. The van der Waals surface area contributed by atoms with Crippen molar-refractivity contribution >= 4 is 12.4 Å². The van der Waals surface area contributed by atoms with Crippen LogP contribution < -0.4 is 5.73 Å². The highest BCUT2D eigenvalue weighted by atomic mass is 35.5. The molecule has 0 aliphatic carbocycles. The van der Waals surface area contributed by atoms with Crippen LogP contribution in [-0.2, 0) is 0 Å². The quantitative estimate of drug-likeness (QED) is 0.816. The molecule has 14 heavy (non-hydrogen) atoms. The van der Waals surface area contributed by atoms with Gasteiger partial charge in [-0.3, -0.25) is 0 Å². The summed E-state index contributed by atoms with van der Waals surface area (Å²) in [7, 11) is 0. The summed E-state index contributed by atoms with van der Waals surface area (Å²) >= 11 is 0. The Morgan fingerprint density at radius 1 is 1.43 bits per heavy atom. The molecule has 1 rings (SSSR count). The zero-order valence-electron chi connectivity index (χ0n) is 8.45. The second-order valence-electron chi connectivity index (χ2n) is 3.33. The standard InChI is InChI=1S/C11H14N2.ClH/c1-8-3-4-10(9(2)7-8)11(13)5-6-12;/h3-4,7,11H,5,13H2,1-2H3;1H/t11-;/m1./s1. The monoisotopic (exact) mass is 210 g/mol. The largest absolute Gasteiger partial charge is 0.323 e. The van der Waals surface area contributed by atoms with Gasteiger partial charge < -0.3 is 5.73 Å². The first-order chi connectivity index (χ1) is 6.15. The molecule has 0 unspecified atom stereocenters. The molecular formula is C11H15ClN2. The number of nitriles is 1. The van der Waals surface area contributed by atoms with E-state index in [-0.39, 0.29) is 18.4 Å². The number of hydrogen-bond donors (Lipinski definition) is 1. The van der Waals surface area contributed by atoms with Gasteiger partial charge in [-0.25, -0.2) is 0 Å². The van der Waals surface area contributed by atoms with Gasteiger partial charge in [0.25, 0.3) is 0 Å². The van der Waals surface area contributed by atoms with Gasteiger partial charge in [0.15, 0.2) is 0 Å². The average Bonchev–Trinajstić information content (AvgIpc) is 2.04. The Labute approximate surface area is 91.1 Å². The minimum Gasteiger partial charge on any atom is -0.323 e. The molecule has 0 fully saturated rings. The first-order valence-corrected chi connectivity index (χ1v) is 4.35. The minimum absolute atomic E-state index is 0. The highest BCUT2D eigenvalue weighted by Gasteiger charge is 2.07. The van der Waals surface area contributed by atoms with Crippen molar-refractivity contribution in [1.29, 1.82) is 5.26 Å². The smallest absolute Gasteiger partial charge is 0.0641 e. The Balaban J connectivity index is 0.00000169. The van der Waals surface area contributed by atoms with Gasteiger partial charge in [-0.15, -0.1) is 12.4 Å². The van der Waals surface area contributed by atoms with Crippen molar-refractivity contribution in [2.45, 2.75) is 26.3 Å². The average molecular weight is 211 g/mol. The van der Waals surface area contributed by atoms with E-state index in [0.29, 0.717) is 6.42 Å². The molecule has 0 bridgehead atoms. The Hall–Kier alpha value is -1.04. The Morgan fingerprint density at radius 2 is 2.07 bits per heavy atom. The summed E-state index contributed by atoms with van der Waals surface area (Å²) in [5, 5.41) is 8.51. The van der Waals surface area contributed by atoms with E-state index in [0.717, 1.165) is 5.56 Å². The van der Waals surface area contributed by atoms with Crippen LogP contribution in [0.2, 0.25) is 0 Å². The van der Waals surface area contributed by atoms with Gasteiger partial charge in [-0.05, 0) is 25.0 Å². The Kier molecular flexibility index (Phi) is 5.22. The summed E-state index contributed by atoms with van der Waals surface area (Å²) in [5.74, 6) is 0. The van der Waals surface area contributed by atoms with Gasteiger partial charge in [-0.1, -0.05) is 23.8 Å². The van der Waals surface area contributed by atoms with Crippen molar-refractivity contribution in [2.24, 2.45) is 5.73 Å². The van der Waals surface area contributed by atoms with Gasteiger partial charge in [0.2, 0.25) is 0 Å². The summed E-state index contributed by atoms with van der Waals surface area (Å²) in [6, 6.07) is 8.06. The molecule has 2 N–H and O–H groups in total. The lowest BCUT2D eigenvalue weighted by Gasteiger charge is -2.11. The number of hydrogen-bond acceptors (Lipinski definition) is 2. The fourth-order valence-electron chi connectivity index (χ4n) is 1.45. The van der Waals surface area contributed by atoms with E-state index in [4.69, 9.17) is 11.0 Å². The highest BCUT2D eigenvalue weighted by Crippen LogP contribution is 2.18. The number of nitrogens with zero attached hydrogens (tertiary/aromatic N) is 1. The number of rotatable bonds is 2. The summed E-state index contributed by atoms with van der Waals surface area (Å²) in [6.07, 6.45) is 0.379. The molecule has 0 saturated heterocycles. The predicted molar refractivity (Wildman–Crippen MR) is 60.3 cm³/mol. The van der Waals surface area contributed by atoms with Crippen LogP contribution in [0.1, 0.15) is 29.2 Å². The first-order valence-electron chi connectivity index (χ1n) is 4.35. The van der Waals surface area contributed by atoms with E-state index in [9.17, 15) is 0 Å². The molecule has 0 spiro atoms. The molecule has 1 aromatic carbocycles. The van der Waals surface area contributed by atoms with Crippen LogP contribution >= 0.6 is 12.4 Å². The minimum atomic E-state index is -0.148. The van der Waals surface area contributed by atoms with Crippen molar-refractivity contribution in [3.63, 3.8) is 0 Å². The zero-order valence-corrected chi connectivity index (χ0v) is 9.27. The van der Waals surface area contributed by atoms with E-state index in [1.54, 1.807) is 0 Å². The molecule has 0 amide bonds. The van der Waals surface area contributed by atoms with Crippen LogP contribution in [-0.4, -0.2) is 0 Å². The lowest BCUT2D eigenvalue weighted by Crippen LogP contribution is -2.10. The fourth-order valence-corrected chi connectivity index (χ4v) is 1.45. The van der Waals surface area contributed by atoms with Gasteiger partial charge >= 0.3 is 0 Å². The van der Waals surface area contributed by atoms with Crippen LogP contribution in [0.25, 0.3) is 0 Å². The van der Waals surface area contributed by atoms with E-state index >= 15 is 0 Å². The second kappa shape index (κ2) is 5.64. The fraction of sp³-hybridized carbons (Fsp3) is 0.364. The lowest BCUT2D eigenvalue weighted by molar-refractivity contribution is 0.742. The maximum absolute atomic E-state index is 8.51. The summed E-state index contributed by atoms with van der Waals surface area (Å²) < 4.78 is 0. The molecule has 3 heteroatoms.